The Labute approximate surface area is 213 Å². The van der Waals surface area contributed by atoms with Crippen molar-refractivity contribution in [2.75, 3.05) is 43.0 Å². The van der Waals surface area contributed by atoms with Gasteiger partial charge in [-0.25, -0.2) is 9.37 Å². The van der Waals surface area contributed by atoms with Crippen LogP contribution in [0, 0.1) is 12.7 Å². The van der Waals surface area contributed by atoms with Crippen LogP contribution in [0.3, 0.4) is 0 Å². The molecule has 2 saturated heterocycles. The molecule has 184 valence electrons. The molecule has 0 spiro atoms. The molecule has 6 nitrogen and oxygen atoms in total. The fourth-order valence-corrected chi connectivity index (χ4v) is 5.45. The number of benzene rings is 2. The highest BCUT2D eigenvalue weighted by Crippen LogP contribution is 2.29. The summed E-state index contributed by atoms with van der Waals surface area (Å²) in [6.45, 7) is 6.38. The zero-order valence-electron chi connectivity index (χ0n) is 19.9. The number of rotatable bonds is 6. The molecule has 0 atom stereocenters. The summed E-state index contributed by atoms with van der Waals surface area (Å²) in [5.41, 5.74) is 2.69. The normalized spacial score (nSPS) is 17.2. The second-order valence-electron chi connectivity index (χ2n) is 9.40. The Balaban J connectivity index is 1.22. The topological polar surface area (TPSA) is 57.7 Å². The zero-order valence-corrected chi connectivity index (χ0v) is 21.5. The number of aromatic nitrogens is 1. The molecular formula is C27H30BrFN4O2. The third-order valence-corrected chi connectivity index (χ3v) is 7.48. The quantitative estimate of drug-likeness (QED) is 0.445. The molecule has 2 aliphatic heterocycles. The van der Waals surface area contributed by atoms with Gasteiger partial charge in [-0.15, -0.1) is 0 Å². The van der Waals surface area contributed by atoms with Gasteiger partial charge in [0.15, 0.2) is 18.2 Å². The van der Waals surface area contributed by atoms with Crippen molar-refractivity contribution in [2.45, 2.75) is 38.6 Å². The first-order valence-corrected chi connectivity index (χ1v) is 13.0. The third kappa shape index (κ3) is 5.59. The summed E-state index contributed by atoms with van der Waals surface area (Å²) in [6.07, 6.45) is 5.06. The summed E-state index contributed by atoms with van der Waals surface area (Å²) in [6, 6.07) is 13.0. The van der Waals surface area contributed by atoms with Gasteiger partial charge in [-0.2, -0.15) is 0 Å². The lowest BCUT2D eigenvalue weighted by molar-refractivity contribution is -0.118. The summed E-state index contributed by atoms with van der Waals surface area (Å²) in [4.78, 5) is 22.4. The van der Waals surface area contributed by atoms with Gasteiger partial charge in [0.05, 0.1) is 5.52 Å². The van der Waals surface area contributed by atoms with Gasteiger partial charge >= 0.3 is 0 Å². The number of nitrogens with zero attached hydrogens (tertiary/aromatic N) is 3. The highest BCUT2D eigenvalue weighted by molar-refractivity contribution is 9.10. The smallest absolute Gasteiger partial charge is 0.262 e. The SMILES string of the molecule is Cc1cc(N2CCC(N3CCCC3)CC2)nc2ccc(NC(=O)COc3ccc(Br)cc3F)cc12. The molecule has 8 heteroatoms. The van der Waals surface area contributed by atoms with E-state index in [1.165, 1.54) is 50.9 Å². The van der Waals surface area contributed by atoms with Gasteiger partial charge in [-0.3, -0.25) is 4.79 Å². The molecule has 0 radical (unpaired) electrons. The highest BCUT2D eigenvalue weighted by Gasteiger charge is 2.27. The Morgan fingerprint density at radius 3 is 2.63 bits per heavy atom. The molecule has 5 rings (SSSR count). The summed E-state index contributed by atoms with van der Waals surface area (Å²) < 4.78 is 19.8. The number of hydrogen-bond acceptors (Lipinski definition) is 5. The largest absolute Gasteiger partial charge is 0.481 e. The van der Waals surface area contributed by atoms with Crippen molar-refractivity contribution in [1.29, 1.82) is 0 Å². The van der Waals surface area contributed by atoms with E-state index in [0.717, 1.165) is 35.4 Å². The number of fused-ring (bicyclic) bond motifs is 1. The number of aryl methyl sites for hydroxylation is 1. The van der Waals surface area contributed by atoms with E-state index in [1.54, 1.807) is 6.07 Å². The highest BCUT2D eigenvalue weighted by atomic mass is 79.9. The van der Waals surface area contributed by atoms with Crippen LogP contribution < -0.4 is 15.0 Å². The van der Waals surface area contributed by atoms with Crippen LogP contribution in [0.4, 0.5) is 15.9 Å². The molecule has 1 amide bonds. The fourth-order valence-electron chi connectivity index (χ4n) is 5.12. The predicted molar refractivity (Wildman–Crippen MR) is 141 cm³/mol. The average molecular weight is 541 g/mol. The number of ether oxygens (including phenoxy) is 1. The Bertz CT molecular complexity index is 1220. The number of halogens is 2. The van der Waals surface area contributed by atoms with E-state index in [-0.39, 0.29) is 18.3 Å². The van der Waals surface area contributed by atoms with Crippen LogP contribution in [0.25, 0.3) is 10.9 Å². The van der Waals surface area contributed by atoms with E-state index in [9.17, 15) is 9.18 Å². The molecule has 0 aliphatic carbocycles. The molecule has 1 aromatic heterocycles. The van der Waals surface area contributed by atoms with E-state index < -0.39 is 5.82 Å². The maximum absolute atomic E-state index is 13.9. The van der Waals surface area contributed by atoms with Crippen molar-refractivity contribution < 1.29 is 13.9 Å². The Kier molecular flexibility index (Phi) is 7.20. The number of pyridine rings is 1. The van der Waals surface area contributed by atoms with Crippen molar-refractivity contribution in [2.24, 2.45) is 0 Å². The van der Waals surface area contributed by atoms with Gasteiger partial charge in [0.25, 0.3) is 5.91 Å². The number of likely N-dealkylation sites (tertiary alicyclic amines) is 1. The summed E-state index contributed by atoms with van der Waals surface area (Å²) in [5.74, 6) is 0.195. The molecule has 2 fully saturated rings. The minimum absolute atomic E-state index is 0.0406. The number of piperidine rings is 1. The van der Waals surface area contributed by atoms with Crippen LogP contribution in [0.1, 0.15) is 31.2 Å². The molecular weight excluding hydrogens is 511 g/mol. The molecule has 0 unspecified atom stereocenters. The van der Waals surface area contributed by atoms with Crippen LogP contribution in [-0.4, -0.2) is 54.6 Å². The van der Waals surface area contributed by atoms with E-state index in [2.05, 4.69) is 44.0 Å². The number of hydrogen-bond donors (Lipinski definition) is 1. The fraction of sp³-hybridized carbons (Fsp3) is 0.407. The lowest BCUT2D eigenvalue weighted by atomic mass is 10.0. The van der Waals surface area contributed by atoms with Gasteiger partial charge < -0.3 is 19.9 Å². The molecule has 35 heavy (non-hydrogen) atoms. The van der Waals surface area contributed by atoms with Crippen molar-refractivity contribution in [3.8, 4) is 5.75 Å². The number of nitrogens with one attached hydrogen (secondary N) is 1. The Morgan fingerprint density at radius 2 is 1.89 bits per heavy atom. The molecule has 0 bridgehead atoms. The monoisotopic (exact) mass is 540 g/mol. The zero-order chi connectivity index (χ0) is 24.4. The molecule has 0 saturated carbocycles. The van der Waals surface area contributed by atoms with Gasteiger partial charge in [0, 0.05) is 34.7 Å². The maximum atomic E-state index is 13.9. The predicted octanol–water partition coefficient (Wildman–Crippen LogP) is 5.53. The number of carbonyl (C=O) groups is 1. The second kappa shape index (κ2) is 10.5. The minimum Gasteiger partial charge on any atom is -0.481 e. The van der Waals surface area contributed by atoms with Crippen molar-refractivity contribution in [3.63, 3.8) is 0 Å². The van der Waals surface area contributed by atoms with Gasteiger partial charge in [-0.05, 0) is 93.7 Å². The van der Waals surface area contributed by atoms with Crippen molar-refractivity contribution in [3.05, 3.63) is 58.3 Å². The first kappa shape index (κ1) is 24.0. The minimum atomic E-state index is -0.518. The van der Waals surface area contributed by atoms with Gasteiger partial charge in [0.2, 0.25) is 0 Å². The van der Waals surface area contributed by atoms with Crippen molar-refractivity contribution in [1.82, 2.24) is 9.88 Å². The number of anilines is 2. The molecule has 2 aliphatic rings. The van der Waals surface area contributed by atoms with E-state index in [1.807, 2.05) is 18.2 Å². The van der Waals surface area contributed by atoms with Gasteiger partial charge in [-0.1, -0.05) is 15.9 Å². The summed E-state index contributed by atoms with van der Waals surface area (Å²) in [7, 11) is 0. The Morgan fingerprint density at radius 1 is 1.11 bits per heavy atom. The number of carbonyl (C=O) groups excluding carboxylic acids is 1. The van der Waals surface area contributed by atoms with Crippen LogP contribution >= 0.6 is 15.9 Å². The first-order valence-electron chi connectivity index (χ1n) is 12.2. The van der Waals surface area contributed by atoms with Crippen LogP contribution in [0.5, 0.6) is 5.75 Å². The first-order chi connectivity index (χ1) is 17.0. The van der Waals surface area contributed by atoms with Crippen molar-refractivity contribution >= 4 is 44.2 Å². The number of amides is 1. The summed E-state index contributed by atoms with van der Waals surface area (Å²) in [5, 5.41) is 3.83. The molecule has 1 N–H and O–H groups in total. The molecule has 2 aromatic carbocycles. The lowest BCUT2D eigenvalue weighted by Crippen LogP contribution is -2.44. The van der Waals surface area contributed by atoms with Gasteiger partial charge in [0.1, 0.15) is 5.82 Å². The van der Waals surface area contributed by atoms with E-state index >= 15 is 0 Å². The average Bonchev–Trinajstić information content (AvgIpc) is 3.39. The maximum Gasteiger partial charge on any atom is 0.262 e. The Hall–Kier alpha value is -2.71. The molecule has 3 heterocycles. The van der Waals surface area contributed by atoms with E-state index in [4.69, 9.17) is 9.72 Å². The van der Waals surface area contributed by atoms with Crippen LogP contribution in [0.15, 0.2) is 46.9 Å². The molecule has 3 aromatic rings. The second-order valence-corrected chi connectivity index (χ2v) is 10.3. The van der Waals surface area contributed by atoms with Crippen LogP contribution in [-0.2, 0) is 4.79 Å². The third-order valence-electron chi connectivity index (χ3n) is 6.98. The van der Waals surface area contributed by atoms with E-state index in [0.29, 0.717) is 16.2 Å². The standard InChI is InChI=1S/C27H30BrFN4O2/c1-18-14-26(33-12-8-21(9-13-33)32-10-2-3-11-32)31-24-6-5-20(16-22(18)24)30-27(34)17-35-25-7-4-19(28)15-23(25)29/h4-7,14-16,21H,2-3,8-13,17H2,1H3,(H,30,34). The summed E-state index contributed by atoms with van der Waals surface area (Å²) >= 11 is 3.20. The lowest BCUT2D eigenvalue weighted by Gasteiger charge is -2.37. The van der Waals surface area contributed by atoms with Crippen LogP contribution in [0.2, 0.25) is 0 Å².